The first-order chi connectivity index (χ1) is 3.85. The van der Waals surface area contributed by atoms with Crippen LogP contribution in [0, 0.1) is 0 Å². The highest BCUT2D eigenvalue weighted by molar-refractivity contribution is 5.03. The molecule has 0 aromatic heterocycles. The SMILES string of the molecule is C=C/C=C(/CC)OC. The lowest BCUT2D eigenvalue weighted by atomic mass is 10.3. The van der Waals surface area contributed by atoms with Gasteiger partial charge in [0.25, 0.3) is 0 Å². The fraction of sp³-hybridized carbons (Fsp3) is 0.429. The monoisotopic (exact) mass is 112 g/mol. The van der Waals surface area contributed by atoms with Crippen molar-refractivity contribution in [3.05, 3.63) is 24.5 Å². The van der Waals surface area contributed by atoms with Crippen LogP contribution in [-0.4, -0.2) is 7.11 Å². The summed E-state index contributed by atoms with van der Waals surface area (Å²) in [5, 5.41) is 0. The zero-order chi connectivity index (χ0) is 6.41. The molecule has 1 nitrogen and oxygen atoms in total. The van der Waals surface area contributed by atoms with Gasteiger partial charge in [-0.1, -0.05) is 19.6 Å². The Labute approximate surface area is 50.7 Å². The molecule has 0 heterocycles. The summed E-state index contributed by atoms with van der Waals surface area (Å²) >= 11 is 0. The Kier molecular flexibility index (Phi) is 4.04. The van der Waals surface area contributed by atoms with Crippen molar-refractivity contribution in [2.75, 3.05) is 7.11 Å². The van der Waals surface area contributed by atoms with E-state index in [0.717, 1.165) is 12.2 Å². The molecule has 0 N–H and O–H groups in total. The van der Waals surface area contributed by atoms with Crippen LogP contribution in [0.1, 0.15) is 13.3 Å². The van der Waals surface area contributed by atoms with Crippen LogP contribution in [0.5, 0.6) is 0 Å². The average Bonchev–Trinajstić information content (AvgIpc) is 1.83. The van der Waals surface area contributed by atoms with Crippen molar-refractivity contribution in [2.24, 2.45) is 0 Å². The highest BCUT2D eigenvalue weighted by Crippen LogP contribution is 1.98. The third kappa shape index (κ3) is 2.45. The molecule has 0 aliphatic carbocycles. The van der Waals surface area contributed by atoms with Crippen molar-refractivity contribution in [3.63, 3.8) is 0 Å². The minimum atomic E-state index is 0.933. The minimum absolute atomic E-state index is 0.933. The molecule has 0 unspecified atom stereocenters. The quantitative estimate of drug-likeness (QED) is 0.401. The molecule has 1 heteroatoms. The normalized spacial score (nSPS) is 11.0. The molecule has 0 fully saturated rings. The molecule has 0 rings (SSSR count). The summed E-state index contributed by atoms with van der Waals surface area (Å²) in [6.45, 7) is 5.58. The summed E-state index contributed by atoms with van der Waals surface area (Å²) in [6, 6.07) is 0. The van der Waals surface area contributed by atoms with E-state index in [-0.39, 0.29) is 0 Å². The maximum absolute atomic E-state index is 4.93. The van der Waals surface area contributed by atoms with Crippen molar-refractivity contribution >= 4 is 0 Å². The zero-order valence-electron chi connectivity index (χ0n) is 5.48. The van der Waals surface area contributed by atoms with E-state index in [1.807, 2.05) is 13.0 Å². The van der Waals surface area contributed by atoms with E-state index in [1.165, 1.54) is 0 Å². The Morgan fingerprint density at radius 2 is 2.38 bits per heavy atom. The molecule has 8 heavy (non-hydrogen) atoms. The summed E-state index contributed by atoms with van der Waals surface area (Å²) in [6.07, 6.45) is 4.52. The molecule has 0 amide bonds. The van der Waals surface area contributed by atoms with E-state index in [1.54, 1.807) is 13.2 Å². The summed E-state index contributed by atoms with van der Waals surface area (Å²) in [7, 11) is 1.67. The van der Waals surface area contributed by atoms with Crippen LogP contribution in [-0.2, 0) is 4.74 Å². The van der Waals surface area contributed by atoms with Gasteiger partial charge in [-0.25, -0.2) is 0 Å². The molecule has 0 aliphatic heterocycles. The van der Waals surface area contributed by atoms with E-state index in [9.17, 15) is 0 Å². The first-order valence-electron chi connectivity index (χ1n) is 2.70. The summed E-state index contributed by atoms with van der Waals surface area (Å²) in [5.41, 5.74) is 0. The Balaban J connectivity index is 3.66. The van der Waals surface area contributed by atoms with Gasteiger partial charge in [0.2, 0.25) is 0 Å². The van der Waals surface area contributed by atoms with E-state index >= 15 is 0 Å². The molecule has 0 aromatic carbocycles. The number of hydrogen-bond donors (Lipinski definition) is 0. The van der Waals surface area contributed by atoms with Gasteiger partial charge in [0.05, 0.1) is 12.9 Å². The maximum atomic E-state index is 4.93. The van der Waals surface area contributed by atoms with Crippen LogP contribution < -0.4 is 0 Å². The van der Waals surface area contributed by atoms with Crippen LogP contribution in [0.15, 0.2) is 24.5 Å². The van der Waals surface area contributed by atoms with Gasteiger partial charge >= 0.3 is 0 Å². The second-order valence-corrected chi connectivity index (χ2v) is 1.43. The van der Waals surface area contributed by atoms with Gasteiger partial charge in [-0.2, -0.15) is 0 Å². The van der Waals surface area contributed by atoms with Crippen molar-refractivity contribution < 1.29 is 4.74 Å². The van der Waals surface area contributed by atoms with Crippen LogP contribution in [0.25, 0.3) is 0 Å². The van der Waals surface area contributed by atoms with Gasteiger partial charge < -0.3 is 4.74 Å². The third-order valence-corrected chi connectivity index (χ3v) is 0.914. The number of rotatable bonds is 3. The highest BCUT2D eigenvalue weighted by Gasteiger charge is 1.84. The van der Waals surface area contributed by atoms with Crippen molar-refractivity contribution in [2.45, 2.75) is 13.3 Å². The molecular weight excluding hydrogens is 100 g/mol. The number of ether oxygens (including phenoxy) is 1. The first kappa shape index (κ1) is 7.28. The van der Waals surface area contributed by atoms with Gasteiger partial charge in [0.15, 0.2) is 0 Å². The molecular formula is C7H12O. The Bertz CT molecular complexity index is 86.6. The molecule has 0 atom stereocenters. The van der Waals surface area contributed by atoms with E-state index in [4.69, 9.17) is 4.74 Å². The average molecular weight is 112 g/mol. The van der Waals surface area contributed by atoms with Crippen LogP contribution in [0.2, 0.25) is 0 Å². The molecule has 0 aromatic rings. The number of hydrogen-bond acceptors (Lipinski definition) is 1. The lowest BCUT2D eigenvalue weighted by Gasteiger charge is -1.98. The molecule has 0 saturated carbocycles. The van der Waals surface area contributed by atoms with Gasteiger partial charge in [-0.05, 0) is 6.08 Å². The molecule has 0 saturated heterocycles. The number of allylic oxidation sites excluding steroid dienone is 3. The minimum Gasteiger partial charge on any atom is -0.501 e. The predicted molar refractivity (Wildman–Crippen MR) is 35.6 cm³/mol. The number of methoxy groups -OCH3 is 1. The van der Waals surface area contributed by atoms with Crippen molar-refractivity contribution in [1.82, 2.24) is 0 Å². The Hall–Kier alpha value is -0.720. The van der Waals surface area contributed by atoms with Crippen LogP contribution >= 0.6 is 0 Å². The second-order valence-electron chi connectivity index (χ2n) is 1.43. The lowest BCUT2D eigenvalue weighted by Crippen LogP contribution is -1.80. The molecule has 0 aliphatic rings. The Morgan fingerprint density at radius 1 is 1.75 bits per heavy atom. The van der Waals surface area contributed by atoms with E-state index in [0.29, 0.717) is 0 Å². The highest BCUT2D eigenvalue weighted by atomic mass is 16.5. The Morgan fingerprint density at radius 3 is 2.50 bits per heavy atom. The van der Waals surface area contributed by atoms with E-state index in [2.05, 4.69) is 6.58 Å². The molecule has 46 valence electrons. The van der Waals surface area contributed by atoms with Gasteiger partial charge in [0.1, 0.15) is 0 Å². The fourth-order valence-electron chi connectivity index (χ4n) is 0.462. The zero-order valence-corrected chi connectivity index (χ0v) is 5.48. The molecule has 0 radical (unpaired) electrons. The third-order valence-electron chi connectivity index (χ3n) is 0.914. The van der Waals surface area contributed by atoms with Crippen molar-refractivity contribution in [1.29, 1.82) is 0 Å². The summed E-state index contributed by atoms with van der Waals surface area (Å²) in [5.74, 6) is 0.972. The van der Waals surface area contributed by atoms with Gasteiger partial charge in [0, 0.05) is 6.42 Å². The van der Waals surface area contributed by atoms with Crippen LogP contribution in [0.3, 0.4) is 0 Å². The standard InChI is InChI=1S/C7H12O/c1-4-6-7(5-2)8-3/h4,6H,1,5H2,2-3H3/b7-6-. The summed E-state index contributed by atoms with van der Waals surface area (Å²) in [4.78, 5) is 0. The molecule has 0 spiro atoms. The van der Waals surface area contributed by atoms with Gasteiger partial charge in [-0.3, -0.25) is 0 Å². The summed E-state index contributed by atoms with van der Waals surface area (Å²) < 4.78 is 4.93. The first-order valence-corrected chi connectivity index (χ1v) is 2.70. The maximum Gasteiger partial charge on any atom is 0.0952 e. The van der Waals surface area contributed by atoms with Crippen molar-refractivity contribution in [3.8, 4) is 0 Å². The topological polar surface area (TPSA) is 9.23 Å². The fourth-order valence-corrected chi connectivity index (χ4v) is 0.462. The predicted octanol–water partition coefficient (Wildman–Crippen LogP) is 2.11. The second kappa shape index (κ2) is 4.44. The smallest absolute Gasteiger partial charge is 0.0952 e. The van der Waals surface area contributed by atoms with E-state index < -0.39 is 0 Å². The molecule has 0 bridgehead atoms. The lowest BCUT2D eigenvalue weighted by molar-refractivity contribution is 0.281. The van der Waals surface area contributed by atoms with Gasteiger partial charge in [-0.15, -0.1) is 0 Å². The van der Waals surface area contributed by atoms with Crippen LogP contribution in [0.4, 0.5) is 0 Å². The largest absolute Gasteiger partial charge is 0.501 e.